The summed E-state index contributed by atoms with van der Waals surface area (Å²) in [4.78, 5) is 17.3. The Morgan fingerprint density at radius 3 is 2.74 bits per heavy atom. The van der Waals surface area contributed by atoms with E-state index in [1.807, 2.05) is 30.3 Å². The first kappa shape index (κ1) is 17.0. The van der Waals surface area contributed by atoms with Crippen LogP contribution >= 0.6 is 35.6 Å². The smallest absolute Gasteiger partial charge is 0.267 e. The first-order chi connectivity index (χ1) is 11.0. The largest absolute Gasteiger partial charge is 0.286 e. The van der Waals surface area contributed by atoms with E-state index in [1.54, 1.807) is 4.90 Å². The molecule has 2 fully saturated rings. The number of benzene rings is 1. The molecule has 0 atom stereocenters. The van der Waals surface area contributed by atoms with Crippen molar-refractivity contribution >= 4 is 51.9 Å². The van der Waals surface area contributed by atoms with Crippen LogP contribution < -0.4 is 0 Å². The zero-order valence-electron chi connectivity index (χ0n) is 13.0. The van der Waals surface area contributed by atoms with Crippen LogP contribution in [0, 0.1) is 5.92 Å². The highest BCUT2D eigenvalue weighted by Crippen LogP contribution is 2.34. The number of piperidine rings is 1. The van der Waals surface area contributed by atoms with Gasteiger partial charge in [-0.2, -0.15) is 0 Å². The quantitative estimate of drug-likeness (QED) is 0.590. The molecule has 0 bridgehead atoms. The van der Waals surface area contributed by atoms with Gasteiger partial charge in [-0.25, -0.2) is 0 Å². The van der Waals surface area contributed by atoms with E-state index in [0.717, 1.165) is 24.6 Å². The molecule has 2 aliphatic heterocycles. The number of carbonyl (C=O) groups excluding carboxylic acids is 1. The number of hydrogen-bond acceptors (Lipinski definition) is 4. The lowest BCUT2D eigenvalue weighted by molar-refractivity contribution is -0.123. The maximum absolute atomic E-state index is 12.6. The third-order valence-corrected chi connectivity index (χ3v) is 6.01. The Morgan fingerprint density at radius 2 is 2.04 bits per heavy atom. The summed E-state index contributed by atoms with van der Waals surface area (Å²) in [5, 5.41) is 0.641. The van der Waals surface area contributed by atoms with Crippen LogP contribution in [-0.4, -0.2) is 39.8 Å². The topological polar surface area (TPSA) is 23.6 Å². The number of carbonyl (C=O) groups is 1. The second kappa shape index (κ2) is 7.34. The van der Waals surface area contributed by atoms with E-state index in [0.29, 0.717) is 20.9 Å². The van der Waals surface area contributed by atoms with Crippen LogP contribution in [0.5, 0.6) is 0 Å². The molecule has 0 spiro atoms. The molecule has 2 aliphatic rings. The van der Waals surface area contributed by atoms with E-state index in [4.69, 9.17) is 23.8 Å². The number of thiocarbonyl (C=S) groups is 1. The number of likely N-dealkylation sites (tertiary alicyclic amines) is 1. The third-order valence-electron chi connectivity index (χ3n) is 4.28. The summed E-state index contributed by atoms with van der Waals surface area (Å²) in [6.45, 7) is 4.93. The normalized spacial score (nSPS) is 22.3. The summed E-state index contributed by atoms with van der Waals surface area (Å²) in [5.74, 6) is 0.760. The molecule has 0 saturated carbocycles. The molecule has 1 aromatic carbocycles. The van der Waals surface area contributed by atoms with E-state index in [9.17, 15) is 4.79 Å². The first-order valence-corrected chi connectivity index (χ1v) is 9.37. The van der Waals surface area contributed by atoms with Crippen LogP contribution in [0.25, 0.3) is 6.08 Å². The zero-order valence-corrected chi connectivity index (χ0v) is 15.4. The van der Waals surface area contributed by atoms with E-state index in [2.05, 4.69) is 11.8 Å². The number of thioether (sulfide) groups is 1. The SMILES string of the molecule is CC1CCN(CN2C(=O)/C(=C\c3ccccc3Cl)SC2=S)CC1. The van der Waals surface area contributed by atoms with Gasteiger partial charge in [0.15, 0.2) is 0 Å². The Labute approximate surface area is 151 Å². The van der Waals surface area contributed by atoms with Crippen molar-refractivity contribution in [3.63, 3.8) is 0 Å². The average molecular weight is 367 g/mol. The average Bonchev–Trinajstić information content (AvgIpc) is 2.79. The fourth-order valence-corrected chi connectivity index (χ4v) is 4.18. The van der Waals surface area contributed by atoms with E-state index in [1.165, 1.54) is 24.6 Å². The fourth-order valence-electron chi connectivity index (χ4n) is 2.76. The van der Waals surface area contributed by atoms with Crippen molar-refractivity contribution < 1.29 is 4.79 Å². The second-order valence-electron chi connectivity index (χ2n) is 6.07. The summed E-state index contributed by atoms with van der Waals surface area (Å²) in [5.41, 5.74) is 0.849. The lowest BCUT2D eigenvalue weighted by Gasteiger charge is -2.32. The minimum atomic E-state index is -0.0152. The third kappa shape index (κ3) is 3.97. The van der Waals surface area contributed by atoms with Gasteiger partial charge in [0.1, 0.15) is 4.32 Å². The Morgan fingerprint density at radius 1 is 1.35 bits per heavy atom. The number of halogens is 1. The van der Waals surface area contributed by atoms with Crippen LogP contribution in [-0.2, 0) is 4.79 Å². The molecule has 6 heteroatoms. The highest BCUT2D eigenvalue weighted by molar-refractivity contribution is 8.26. The molecule has 122 valence electrons. The molecular formula is C17H19ClN2OS2. The fraction of sp³-hybridized carbons (Fsp3) is 0.412. The molecule has 2 heterocycles. The number of rotatable bonds is 3. The van der Waals surface area contributed by atoms with Gasteiger partial charge >= 0.3 is 0 Å². The molecule has 0 aromatic heterocycles. The molecule has 3 nitrogen and oxygen atoms in total. The summed E-state index contributed by atoms with van der Waals surface area (Å²) in [7, 11) is 0. The number of nitrogens with zero attached hydrogens (tertiary/aromatic N) is 2. The lowest BCUT2D eigenvalue weighted by Crippen LogP contribution is -2.43. The lowest BCUT2D eigenvalue weighted by atomic mass is 10.00. The van der Waals surface area contributed by atoms with Crippen LogP contribution in [0.4, 0.5) is 0 Å². The van der Waals surface area contributed by atoms with Gasteiger partial charge in [-0.05, 0) is 36.5 Å². The van der Waals surface area contributed by atoms with Crippen molar-refractivity contribution in [3.8, 4) is 0 Å². The minimum absolute atomic E-state index is 0.0152. The minimum Gasteiger partial charge on any atom is -0.286 e. The van der Waals surface area contributed by atoms with Crippen LogP contribution in [0.2, 0.25) is 5.02 Å². The van der Waals surface area contributed by atoms with Crippen molar-refractivity contribution in [1.82, 2.24) is 9.80 Å². The maximum atomic E-state index is 12.6. The highest BCUT2D eigenvalue weighted by Gasteiger charge is 2.33. The summed E-state index contributed by atoms with van der Waals surface area (Å²) >= 11 is 12.9. The van der Waals surface area contributed by atoms with Crippen molar-refractivity contribution in [2.24, 2.45) is 5.92 Å². The monoisotopic (exact) mass is 366 g/mol. The van der Waals surface area contributed by atoms with Gasteiger partial charge in [0, 0.05) is 18.1 Å². The predicted octanol–water partition coefficient (Wildman–Crippen LogP) is 4.23. The number of amides is 1. The molecule has 0 radical (unpaired) electrons. The molecule has 0 aliphatic carbocycles. The predicted molar refractivity (Wildman–Crippen MR) is 101 cm³/mol. The molecule has 1 aromatic rings. The standard InChI is InChI=1S/C17H19ClN2OS2/c1-12-6-8-19(9-7-12)11-20-16(21)15(23-17(20)22)10-13-4-2-3-5-14(13)18/h2-5,10,12H,6-9,11H2,1H3/b15-10+. The molecule has 3 rings (SSSR count). The second-order valence-corrected chi connectivity index (χ2v) is 8.16. The highest BCUT2D eigenvalue weighted by atomic mass is 35.5. The van der Waals surface area contributed by atoms with Gasteiger partial charge < -0.3 is 0 Å². The summed E-state index contributed by atoms with van der Waals surface area (Å²) < 4.78 is 0.631. The van der Waals surface area contributed by atoms with E-state index >= 15 is 0 Å². The van der Waals surface area contributed by atoms with Gasteiger partial charge in [-0.1, -0.05) is 60.7 Å². The molecule has 23 heavy (non-hydrogen) atoms. The summed E-state index contributed by atoms with van der Waals surface area (Å²) in [6.07, 6.45) is 4.20. The van der Waals surface area contributed by atoms with Gasteiger partial charge in [0.25, 0.3) is 5.91 Å². The van der Waals surface area contributed by atoms with Gasteiger partial charge in [-0.3, -0.25) is 14.6 Å². The Kier molecular flexibility index (Phi) is 5.42. The summed E-state index contributed by atoms with van der Waals surface area (Å²) in [6, 6.07) is 7.51. The van der Waals surface area contributed by atoms with Gasteiger partial charge in [-0.15, -0.1) is 0 Å². The Hall–Kier alpha value is -0.880. The van der Waals surface area contributed by atoms with Crippen molar-refractivity contribution in [3.05, 3.63) is 39.8 Å². The molecule has 0 unspecified atom stereocenters. The van der Waals surface area contributed by atoms with Crippen LogP contribution in [0.1, 0.15) is 25.3 Å². The Balaban J connectivity index is 1.71. The molecular weight excluding hydrogens is 348 g/mol. The first-order valence-electron chi connectivity index (χ1n) is 7.77. The van der Waals surface area contributed by atoms with E-state index in [-0.39, 0.29) is 5.91 Å². The zero-order chi connectivity index (χ0) is 16.4. The van der Waals surface area contributed by atoms with Crippen LogP contribution in [0.3, 0.4) is 0 Å². The van der Waals surface area contributed by atoms with Crippen molar-refractivity contribution in [2.45, 2.75) is 19.8 Å². The number of hydrogen-bond donors (Lipinski definition) is 0. The molecule has 0 N–H and O–H groups in total. The maximum Gasteiger partial charge on any atom is 0.267 e. The van der Waals surface area contributed by atoms with Crippen molar-refractivity contribution in [2.75, 3.05) is 19.8 Å². The van der Waals surface area contributed by atoms with E-state index < -0.39 is 0 Å². The Bertz CT molecular complexity index is 654. The van der Waals surface area contributed by atoms with Crippen LogP contribution in [0.15, 0.2) is 29.2 Å². The van der Waals surface area contributed by atoms with Gasteiger partial charge in [0.2, 0.25) is 0 Å². The molecule has 1 amide bonds. The van der Waals surface area contributed by atoms with Gasteiger partial charge in [0.05, 0.1) is 11.6 Å². The van der Waals surface area contributed by atoms with Crippen molar-refractivity contribution in [1.29, 1.82) is 0 Å². The molecule has 2 saturated heterocycles.